The first kappa shape index (κ1) is 10.4. The van der Waals surface area contributed by atoms with Gasteiger partial charge in [-0.15, -0.1) is 11.8 Å². The second-order valence-electron chi connectivity index (χ2n) is 3.07. The van der Waals surface area contributed by atoms with Gasteiger partial charge < -0.3 is 0 Å². The van der Waals surface area contributed by atoms with Crippen molar-refractivity contribution in [2.24, 2.45) is 5.92 Å². The van der Waals surface area contributed by atoms with Gasteiger partial charge in [0, 0.05) is 6.42 Å². The Morgan fingerprint density at radius 3 is 2.38 bits per heavy atom. The number of ketones is 3. The molecule has 0 unspecified atom stereocenters. The molecule has 0 amide bonds. The van der Waals surface area contributed by atoms with Crippen LogP contribution in [0.4, 0.5) is 0 Å². The number of Topliss-reactive ketones (excluding diaryl/α,β-unsaturated/α-hetero) is 3. The smallest absolute Gasteiger partial charge is 0.160 e. The monoisotopic (exact) mass is 200 g/mol. The van der Waals surface area contributed by atoms with Crippen LogP contribution >= 0.6 is 11.8 Å². The molecule has 0 aliphatic carbocycles. The van der Waals surface area contributed by atoms with Crippen molar-refractivity contribution in [2.75, 3.05) is 11.5 Å². The Morgan fingerprint density at radius 2 is 1.92 bits per heavy atom. The van der Waals surface area contributed by atoms with Gasteiger partial charge in [0.15, 0.2) is 17.3 Å². The summed E-state index contributed by atoms with van der Waals surface area (Å²) in [6.45, 7) is 1.87. The minimum atomic E-state index is -0.929. The molecule has 13 heavy (non-hydrogen) atoms. The third-order valence-electron chi connectivity index (χ3n) is 1.95. The molecule has 0 radical (unpaired) electrons. The van der Waals surface area contributed by atoms with Crippen molar-refractivity contribution in [1.82, 2.24) is 0 Å². The summed E-state index contributed by atoms with van der Waals surface area (Å²) >= 11 is 1.30. The van der Waals surface area contributed by atoms with Crippen LogP contribution in [0.25, 0.3) is 0 Å². The Labute approximate surface area is 81.3 Å². The van der Waals surface area contributed by atoms with Crippen LogP contribution in [-0.4, -0.2) is 28.9 Å². The number of carbonyl (C=O) groups is 3. The Kier molecular flexibility index (Phi) is 3.66. The van der Waals surface area contributed by atoms with Crippen LogP contribution < -0.4 is 0 Å². The standard InChI is InChI=1S/C9H12O3S/c1-2-3-6(10)9-7(11)4-13-5-8(9)12/h9H,2-5H2,1H3. The van der Waals surface area contributed by atoms with Crippen LogP contribution in [0, 0.1) is 5.92 Å². The quantitative estimate of drug-likeness (QED) is 0.634. The first-order chi connectivity index (χ1) is 6.16. The third kappa shape index (κ3) is 2.40. The molecule has 72 valence electrons. The van der Waals surface area contributed by atoms with Crippen molar-refractivity contribution in [3.8, 4) is 0 Å². The Morgan fingerprint density at radius 1 is 1.38 bits per heavy atom. The van der Waals surface area contributed by atoms with Crippen LogP contribution in [0.5, 0.6) is 0 Å². The largest absolute Gasteiger partial charge is 0.298 e. The van der Waals surface area contributed by atoms with Gasteiger partial charge in [0.05, 0.1) is 11.5 Å². The molecule has 1 heterocycles. The van der Waals surface area contributed by atoms with E-state index in [4.69, 9.17) is 0 Å². The molecule has 0 aromatic carbocycles. The Hall–Kier alpha value is -0.640. The van der Waals surface area contributed by atoms with E-state index in [1.165, 1.54) is 11.8 Å². The van der Waals surface area contributed by atoms with Crippen molar-refractivity contribution >= 4 is 29.1 Å². The summed E-state index contributed by atoms with van der Waals surface area (Å²) in [5.41, 5.74) is 0. The lowest BCUT2D eigenvalue weighted by Gasteiger charge is -2.17. The summed E-state index contributed by atoms with van der Waals surface area (Å²) in [4.78, 5) is 33.9. The molecule has 0 aromatic heterocycles. The van der Waals surface area contributed by atoms with Crippen LogP contribution in [-0.2, 0) is 14.4 Å². The molecule has 1 fully saturated rings. The minimum absolute atomic E-state index is 0.196. The predicted molar refractivity (Wildman–Crippen MR) is 50.7 cm³/mol. The van der Waals surface area contributed by atoms with E-state index in [1.54, 1.807) is 0 Å². The second-order valence-corrected chi connectivity index (χ2v) is 4.06. The van der Waals surface area contributed by atoms with Crippen LogP contribution in [0.2, 0.25) is 0 Å². The molecule has 0 N–H and O–H groups in total. The summed E-state index contributed by atoms with van der Waals surface area (Å²) in [6.07, 6.45) is 1.04. The molecule has 3 nitrogen and oxygen atoms in total. The van der Waals surface area contributed by atoms with Crippen molar-refractivity contribution in [3.05, 3.63) is 0 Å². The van der Waals surface area contributed by atoms with Gasteiger partial charge in [0.1, 0.15) is 5.92 Å². The molecule has 0 atom stereocenters. The van der Waals surface area contributed by atoms with E-state index in [1.807, 2.05) is 6.92 Å². The third-order valence-corrected chi connectivity index (χ3v) is 2.93. The highest BCUT2D eigenvalue weighted by Gasteiger charge is 2.35. The van der Waals surface area contributed by atoms with Crippen molar-refractivity contribution in [1.29, 1.82) is 0 Å². The van der Waals surface area contributed by atoms with E-state index in [-0.39, 0.29) is 17.3 Å². The van der Waals surface area contributed by atoms with Gasteiger partial charge in [-0.1, -0.05) is 6.92 Å². The van der Waals surface area contributed by atoms with Gasteiger partial charge in [0.2, 0.25) is 0 Å². The average molecular weight is 200 g/mol. The van der Waals surface area contributed by atoms with Gasteiger partial charge >= 0.3 is 0 Å². The molecule has 4 heteroatoms. The lowest BCUT2D eigenvalue weighted by molar-refractivity contribution is -0.138. The average Bonchev–Trinajstić information content (AvgIpc) is 2.04. The maximum atomic E-state index is 11.4. The maximum absolute atomic E-state index is 11.4. The highest BCUT2D eigenvalue weighted by molar-refractivity contribution is 8.00. The normalized spacial score (nSPS) is 19.2. The van der Waals surface area contributed by atoms with Gasteiger partial charge in [-0.3, -0.25) is 14.4 Å². The SMILES string of the molecule is CCCC(=O)C1C(=O)CSCC1=O. The minimum Gasteiger partial charge on any atom is -0.298 e. The molecule has 0 spiro atoms. The zero-order chi connectivity index (χ0) is 9.84. The Balaban J connectivity index is 2.68. The fourth-order valence-electron chi connectivity index (χ4n) is 1.35. The molecule has 1 saturated heterocycles. The summed E-state index contributed by atoms with van der Waals surface area (Å²) in [5, 5.41) is 0. The summed E-state index contributed by atoms with van der Waals surface area (Å²) in [6, 6.07) is 0. The molecule has 0 bridgehead atoms. The van der Waals surface area contributed by atoms with Crippen molar-refractivity contribution in [3.63, 3.8) is 0 Å². The molecule has 0 saturated carbocycles. The molecular weight excluding hydrogens is 188 g/mol. The van der Waals surface area contributed by atoms with Gasteiger partial charge in [-0.25, -0.2) is 0 Å². The highest BCUT2D eigenvalue weighted by atomic mass is 32.2. The second kappa shape index (κ2) is 4.56. The van der Waals surface area contributed by atoms with E-state index in [0.717, 1.165) is 0 Å². The van der Waals surface area contributed by atoms with Crippen LogP contribution in [0.1, 0.15) is 19.8 Å². The molecule has 1 aliphatic rings. The van der Waals surface area contributed by atoms with Crippen LogP contribution in [0.3, 0.4) is 0 Å². The zero-order valence-electron chi connectivity index (χ0n) is 7.54. The lowest BCUT2D eigenvalue weighted by atomic mass is 9.93. The van der Waals surface area contributed by atoms with Gasteiger partial charge in [0.25, 0.3) is 0 Å². The fraction of sp³-hybridized carbons (Fsp3) is 0.667. The van der Waals surface area contributed by atoms with Crippen molar-refractivity contribution < 1.29 is 14.4 Å². The summed E-state index contributed by atoms with van der Waals surface area (Å²) in [5.74, 6) is -0.920. The van der Waals surface area contributed by atoms with Gasteiger partial charge in [-0.05, 0) is 6.42 Å². The van der Waals surface area contributed by atoms with E-state index < -0.39 is 5.92 Å². The number of thioether (sulfide) groups is 1. The topological polar surface area (TPSA) is 51.2 Å². The van der Waals surface area contributed by atoms with E-state index >= 15 is 0 Å². The number of hydrogen-bond acceptors (Lipinski definition) is 4. The van der Waals surface area contributed by atoms with E-state index in [9.17, 15) is 14.4 Å². The highest BCUT2D eigenvalue weighted by Crippen LogP contribution is 2.19. The van der Waals surface area contributed by atoms with Crippen molar-refractivity contribution in [2.45, 2.75) is 19.8 Å². The van der Waals surface area contributed by atoms with E-state index in [0.29, 0.717) is 24.3 Å². The first-order valence-electron chi connectivity index (χ1n) is 4.32. The van der Waals surface area contributed by atoms with Crippen LogP contribution in [0.15, 0.2) is 0 Å². The molecule has 0 aromatic rings. The van der Waals surface area contributed by atoms with Gasteiger partial charge in [-0.2, -0.15) is 0 Å². The fourth-order valence-corrected chi connectivity index (χ4v) is 2.19. The molecular formula is C9H12O3S. The Bertz CT molecular complexity index is 231. The number of carbonyl (C=O) groups excluding carboxylic acids is 3. The molecule has 1 rings (SSSR count). The number of hydrogen-bond donors (Lipinski definition) is 0. The van der Waals surface area contributed by atoms with E-state index in [2.05, 4.69) is 0 Å². The summed E-state index contributed by atoms with van der Waals surface area (Å²) < 4.78 is 0. The maximum Gasteiger partial charge on any atom is 0.160 e. The zero-order valence-corrected chi connectivity index (χ0v) is 8.36. The number of rotatable bonds is 3. The summed E-state index contributed by atoms with van der Waals surface area (Å²) in [7, 11) is 0. The predicted octanol–water partition coefficient (Wildman–Crippen LogP) is 0.857. The molecule has 1 aliphatic heterocycles. The lowest BCUT2D eigenvalue weighted by Crippen LogP contribution is -2.37. The first-order valence-corrected chi connectivity index (χ1v) is 5.48.